The first-order valence-electron chi connectivity index (χ1n) is 9.71. The van der Waals surface area contributed by atoms with E-state index < -0.39 is 23.5 Å². The molecule has 9 nitrogen and oxygen atoms in total. The maximum Gasteiger partial charge on any atom is 0.328 e. The highest BCUT2D eigenvalue weighted by molar-refractivity contribution is 5.96. The molecule has 0 spiro atoms. The van der Waals surface area contributed by atoms with Crippen molar-refractivity contribution in [1.29, 1.82) is 0 Å². The molecule has 31 heavy (non-hydrogen) atoms. The molecule has 1 aromatic heterocycles. The molecule has 0 fully saturated rings. The molecule has 1 atom stereocenters. The molecule has 0 aliphatic heterocycles. The second-order valence-electron chi connectivity index (χ2n) is 7.59. The summed E-state index contributed by atoms with van der Waals surface area (Å²) in [6.07, 6.45) is 1.31. The number of carboxylic acids is 1. The van der Waals surface area contributed by atoms with Gasteiger partial charge in [-0.05, 0) is 39.0 Å². The molecule has 168 valence electrons. The number of ether oxygens (including phenoxy) is 4. The van der Waals surface area contributed by atoms with E-state index in [9.17, 15) is 14.7 Å². The van der Waals surface area contributed by atoms with Gasteiger partial charge in [0.15, 0.2) is 6.04 Å². The smallest absolute Gasteiger partial charge is 0.328 e. The quantitative estimate of drug-likeness (QED) is 0.521. The van der Waals surface area contributed by atoms with Crippen LogP contribution in [0.3, 0.4) is 0 Å². The van der Waals surface area contributed by atoms with Crippen LogP contribution in [0, 0.1) is 0 Å². The lowest BCUT2D eigenvalue weighted by Gasteiger charge is -2.23. The zero-order chi connectivity index (χ0) is 22.9. The maximum atomic E-state index is 12.4. The molecule has 2 aromatic rings. The minimum Gasteiger partial charge on any atom is -0.491 e. The molecule has 0 aliphatic carbocycles. The van der Waals surface area contributed by atoms with Crippen LogP contribution in [0.25, 0.3) is 0 Å². The van der Waals surface area contributed by atoms with Gasteiger partial charge in [0.25, 0.3) is 5.91 Å². The van der Waals surface area contributed by atoms with Gasteiger partial charge in [0.2, 0.25) is 5.88 Å². The summed E-state index contributed by atoms with van der Waals surface area (Å²) in [7, 11) is 1.60. The molecular weight excluding hydrogens is 404 g/mol. The number of hydrogen-bond acceptors (Lipinski definition) is 7. The maximum absolute atomic E-state index is 12.4. The van der Waals surface area contributed by atoms with Crippen LogP contribution in [-0.2, 0) is 14.3 Å². The summed E-state index contributed by atoms with van der Waals surface area (Å²) >= 11 is 0. The van der Waals surface area contributed by atoms with Crippen LogP contribution >= 0.6 is 0 Å². The van der Waals surface area contributed by atoms with E-state index in [1.54, 1.807) is 52.1 Å². The molecule has 1 aromatic carbocycles. The summed E-state index contributed by atoms with van der Waals surface area (Å²) in [4.78, 5) is 27.9. The number of methoxy groups -OCH3 is 1. The molecule has 0 saturated carbocycles. The van der Waals surface area contributed by atoms with Crippen LogP contribution in [0.4, 0.5) is 0 Å². The fourth-order valence-electron chi connectivity index (χ4n) is 2.32. The Balaban J connectivity index is 1.97. The van der Waals surface area contributed by atoms with E-state index >= 15 is 0 Å². The SMILES string of the molecule is COCCOc1cccc(Oc2ccc(C(=O)N[C@@H](COC(C)(C)C)C(=O)O)cn2)c1. The number of pyridine rings is 1. The van der Waals surface area contributed by atoms with E-state index in [1.807, 2.05) is 0 Å². The van der Waals surface area contributed by atoms with Gasteiger partial charge in [-0.1, -0.05) is 6.07 Å². The Morgan fingerprint density at radius 3 is 2.48 bits per heavy atom. The third-order valence-electron chi connectivity index (χ3n) is 3.87. The number of carboxylic acid groups (broad SMARTS) is 1. The summed E-state index contributed by atoms with van der Waals surface area (Å²) < 4.78 is 21.6. The Morgan fingerprint density at radius 2 is 1.87 bits per heavy atom. The van der Waals surface area contributed by atoms with Crippen molar-refractivity contribution in [2.75, 3.05) is 26.9 Å². The van der Waals surface area contributed by atoms with Crippen molar-refractivity contribution in [2.24, 2.45) is 0 Å². The van der Waals surface area contributed by atoms with Gasteiger partial charge in [0.05, 0.1) is 24.4 Å². The third kappa shape index (κ3) is 8.61. The lowest BCUT2D eigenvalue weighted by Crippen LogP contribution is -2.45. The van der Waals surface area contributed by atoms with E-state index in [-0.39, 0.29) is 18.1 Å². The topological polar surface area (TPSA) is 116 Å². The van der Waals surface area contributed by atoms with Crippen molar-refractivity contribution >= 4 is 11.9 Å². The molecule has 9 heteroatoms. The Kier molecular flexibility index (Phi) is 8.77. The summed E-state index contributed by atoms with van der Waals surface area (Å²) in [5.41, 5.74) is -0.323. The molecular formula is C22H28N2O7. The lowest BCUT2D eigenvalue weighted by molar-refractivity contribution is -0.142. The van der Waals surface area contributed by atoms with Gasteiger partial charge in [-0.15, -0.1) is 0 Å². The van der Waals surface area contributed by atoms with E-state index in [0.717, 1.165) is 0 Å². The van der Waals surface area contributed by atoms with Crippen molar-refractivity contribution < 1.29 is 33.6 Å². The third-order valence-corrected chi connectivity index (χ3v) is 3.87. The molecule has 0 aliphatic rings. The normalized spacial score (nSPS) is 12.1. The molecule has 1 heterocycles. The number of carbonyl (C=O) groups excluding carboxylic acids is 1. The van der Waals surface area contributed by atoms with Crippen molar-refractivity contribution in [3.05, 3.63) is 48.2 Å². The standard InChI is InChI=1S/C22H28N2O7/c1-22(2,3)30-14-18(21(26)27)24-20(25)15-8-9-19(23-13-15)31-17-7-5-6-16(12-17)29-11-10-28-4/h5-9,12-13,18H,10-11,14H2,1-4H3,(H,24,25)(H,26,27)/t18-/m0/s1. The number of rotatable bonds is 11. The fraction of sp³-hybridized carbons (Fsp3) is 0.409. The Bertz CT molecular complexity index is 863. The molecule has 0 bridgehead atoms. The highest BCUT2D eigenvalue weighted by Crippen LogP contribution is 2.24. The van der Waals surface area contributed by atoms with Gasteiger partial charge in [0.1, 0.15) is 18.1 Å². The van der Waals surface area contributed by atoms with Crippen LogP contribution < -0.4 is 14.8 Å². The van der Waals surface area contributed by atoms with Gasteiger partial charge < -0.3 is 29.4 Å². The highest BCUT2D eigenvalue weighted by atomic mass is 16.5. The summed E-state index contributed by atoms with van der Waals surface area (Å²) in [6, 6.07) is 8.89. The lowest BCUT2D eigenvalue weighted by atomic mass is 10.2. The monoisotopic (exact) mass is 432 g/mol. The number of aliphatic carboxylic acids is 1. The average molecular weight is 432 g/mol. The van der Waals surface area contributed by atoms with Crippen molar-refractivity contribution in [2.45, 2.75) is 32.4 Å². The van der Waals surface area contributed by atoms with E-state index in [0.29, 0.717) is 24.7 Å². The van der Waals surface area contributed by atoms with Crippen LogP contribution in [0.1, 0.15) is 31.1 Å². The highest BCUT2D eigenvalue weighted by Gasteiger charge is 2.24. The predicted octanol–water partition coefficient (Wildman–Crippen LogP) is 2.90. The minimum absolute atomic E-state index is 0.151. The van der Waals surface area contributed by atoms with Crippen molar-refractivity contribution in [1.82, 2.24) is 10.3 Å². The molecule has 0 saturated heterocycles. The van der Waals surface area contributed by atoms with Gasteiger partial charge >= 0.3 is 5.97 Å². The van der Waals surface area contributed by atoms with Gasteiger partial charge in [-0.2, -0.15) is 0 Å². The van der Waals surface area contributed by atoms with Gasteiger partial charge in [-0.3, -0.25) is 4.79 Å². The number of carbonyl (C=O) groups is 2. The largest absolute Gasteiger partial charge is 0.491 e. The summed E-state index contributed by atoms with van der Waals surface area (Å²) in [5.74, 6) is -0.334. The van der Waals surface area contributed by atoms with Crippen LogP contribution in [0.15, 0.2) is 42.6 Å². The van der Waals surface area contributed by atoms with Crippen LogP contribution in [0.5, 0.6) is 17.4 Å². The number of aromatic nitrogens is 1. The molecule has 0 radical (unpaired) electrons. The number of hydrogen-bond donors (Lipinski definition) is 2. The molecule has 2 N–H and O–H groups in total. The molecule has 0 unspecified atom stereocenters. The zero-order valence-electron chi connectivity index (χ0n) is 18.1. The van der Waals surface area contributed by atoms with Gasteiger partial charge in [0, 0.05) is 25.4 Å². The second kappa shape index (κ2) is 11.3. The van der Waals surface area contributed by atoms with Crippen LogP contribution in [0.2, 0.25) is 0 Å². The summed E-state index contributed by atoms with van der Waals surface area (Å²) in [6.45, 7) is 6.15. The first kappa shape index (κ1) is 24.1. The van der Waals surface area contributed by atoms with E-state index in [2.05, 4.69) is 10.3 Å². The Morgan fingerprint density at radius 1 is 1.13 bits per heavy atom. The number of amides is 1. The summed E-state index contributed by atoms with van der Waals surface area (Å²) in [5, 5.41) is 11.8. The molecule has 2 rings (SSSR count). The zero-order valence-corrected chi connectivity index (χ0v) is 18.1. The average Bonchev–Trinajstić information content (AvgIpc) is 2.71. The molecule has 1 amide bonds. The Labute approximate surface area is 181 Å². The van der Waals surface area contributed by atoms with Crippen LogP contribution in [-0.4, -0.2) is 60.5 Å². The van der Waals surface area contributed by atoms with Gasteiger partial charge in [-0.25, -0.2) is 9.78 Å². The van der Waals surface area contributed by atoms with E-state index in [4.69, 9.17) is 18.9 Å². The van der Waals surface area contributed by atoms with Crippen molar-refractivity contribution in [3.63, 3.8) is 0 Å². The first-order chi connectivity index (χ1) is 14.7. The number of nitrogens with one attached hydrogen (secondary N) is 1. The second-order valence-corrected chi connectivity index (χ2v) is 7.59. The fourth-order valence-corrected chi connectivity index (χ4v) is 2.32. The number of benzene rings is 1. The predicted molar refractivity (Wildman–Crippen MR) is 113 cm³/mol. The number of nitrogens with zero attached hydrogens (tertiary/aromatic N) is 1. The first-order valence-corrected chi connectivity index (χ1v) is 9.71. The van der Waals surface area contributed by atoms with Crippen molar-refractivity contribution in [3.8, 4) is 17.4 Å². The Hall–Kier alpha value is -3.17. The minimum atomic E-state index is -1.18. The van der Waals surface area contributed by atoms with E-state index in [1.165, 1.54) is 18.3 Å².